The average molecular weight is 290 g/mol. The van der Waals surface area contributed by atoms with E-state index in [2.05, 4.69) is 35.1 Å². The number of carbonyl (C=O) groups is 1. The number of unbranched alkanes of at least 4 members (excludes halogenated alkanes) is 1. The Kier molecular flexibility index (Phi) is 6.40. The highest BCUT2D eigenvalue weighted by molar-refractivity contribution is 9.09. The number of alkyl halides is 1. The van der Waals surface area contributed by atoms with Gasteiger partial charge in [-0.1, -0.05) is 29.8 Å². The number of halogens is 1. The van der Waals surface area contributed by atoms with Crippen LogP contribution in [0.1, 0.15) is 52.4 Å². The number of nitrogens with one attached hydrogen (secondary N) is 1. The summed E-state index contributed by atoms with van der Waals surface area (Å²) in [7, 11) is 0. The summed E-state index contributed by atoms with van der Waals surface area (Å²) in [6.07, 6.45) is 6.41. The fourth-order valence-electron chi connectivity index (χ4n) is 2.74. The molecule has 0 aromatic carbocycles. The Labute approximate surface area is 108 Å². The molecule has 1 aliphatic carbocycles. The van der Waals surface area contributed by atoms with Crippen molar-refractivity contribution in [2.45, 2.75) is 58.4 Å². The quantitative estimate of drug-likeness (QED) is 0.609. The normalized spacial score (nSPS) is 30.1. The van der Waals surface area contributed by atoms with E-state index >= 15 is 0 Å². The molecule has 3 heteroatoms. The van der Waals surface area contributed by atoms with Crippen molar-refractivity contribution in [3.8, 4) is 0 Å². The molecule has 94 valence electrons. The molecule has 0 heterocycles. The van der Waals surface area contributed by atoms with Crippen LogP contribution in [-0.2, 0) is 4.79 Å². The van der Waals surface area contributed by atoms with Gasteiger partial charge in [0.15, 0.2) is 0 Å². The van der Waals surface area contributed by atoms with Gasteiger partial charge in [0, 0.05) is 17.8 Å². The standard InChI is InChI=1S/C13H24BrNO/c1-10-7-11(2)9-12(8-10)15-13(16)5-3-4-6-14/h10-12H,3-9H2,1-2H3,(H,15,16). The van der Waals surface area contributed by atoms with E-state index in [0.29, 0.717) is 12.5 Å². The zero-order valence-electron chi connectivity index (χ0n) is 10.5. The van der Waals surface area contributed by atoms with E-state index in [9.17, 15) is 4.79 Å². The Bertz CT molecular complexity index is 210. The predicted molar refractivity (Wildman–Crippen MR) is 71.8 cm³/mol. The van der Waals surface area contributed by atoms with Gasteiger partial charge in [0.1, 0.15) is 0 Å². The Balaban J connectivity index is 2.22. The van der Waals surface area contributed by atoms with Gasteiger partial charge in [-0.05, 0) is 43.9 Å². The van der Waals surface area contributed by atoms with Crippen LogP contribution in [0.5, 0.6) is 0 Å². The molecule has 1 fully saturated rings. The first-order valence-electron chi connectivity index (χ1n) is 6.47. The van der Waals surface area contributed by atoms with Gasteiger partial charge in [-0.2, -0.15) is 0 Å². The molecule has 0 aromatic rings. The van der Waals surface area contributed by atoms with Crippen molar-refractivity contribution in [1.82, 2.24) is 5.32 Å². The van der Waals surface area contributed by atoms with Crippen molar-refractivity contribution in [3.05, 3.63) is 0 Å². The maximum Gasteiger partial charge on any atom is 0.220 e. The van der Waals surface area contributed by atoms with Crippen molar-refractivity contribution in [2.24, 2.45) is 11.8 Å². The van der Waals surface area contributed by atoms with Crippen molar-refractivity contribution in [1.29, 1.82) is 0 Å². The summed E-state index contributed by atoms with van der Waals surface area (Å²) in [5, 5.41) is 4.18. The fraction of sp³-hybridized carbons (Fsp3) is 0.923. The Morgan fingerprint density at radius 2 is 1.81 bits per heavy atom. The molecule has 0 spiro atoms. The molecule has 16 heavy (non-hydrogen) atoms. The molecule has 1 rings (SSSR count). The average Bonchev–Trinajstić information content (AvgIpc) is 2.16. The van der Waals surface area contributed by atoms with E-state index in [1.54, 1.807) is 0 Å². The van der Waals surface area contributed by atoms with Crippen LogP contribution in [0.15, 0.2) is 0 Å². The predicted octanol–water partition coefficient (Wildman–Crippen LogP) is 3.49. The molecular weight excluding hydrogens is 266 g/mol. The van der Waals surface area contributed by atoms with Crippen LogP contribution >= 0.6 is 15.9 Å². The van der Waals surface area contributed by atoms with Crippen LogP contribution in [0.25, 0.3) is 0 Å². The summed E-state index contributed by atoms with van der Waals surface area (Å²) < 4.78 is 0. The maximum atomic E-state index is 11.7. The molecule has 0 aromatic heterocycles. The first kappa shape index (κ1) is 14.0. The highest BCUT2D eigenvalue weighted by Gasteiger charge is 2.24. The maximum absolute atomic E-state index is 11.7. The summed E-state index contributed by atoms with van der Waals surface area (Å²) in [6.45, 7) is 4.58. The molecule has 2 nitrogen and oxygen atoms in total. The second-order valence-corrected chi connectivity index (χ2v) is 6.12. The minimum atomic E-state index is 0.243. The number of carbonyl (C=O) groups excluding carboxylic acids is 1. The van der Waals surface area contributed by atoms with E-state index in [1.807, 2.05) is 0 Å². The van der Waals surface area contributed by atoms with Crippen LogP contribution in [-0.4, -0.2) is 17.3 Å². The van der Waals surface area contributed by atoms with Crippen molar-refractivity contribution in [3.63, 3.8) is 0 Å². The highest BCUT2D eigenvalue weighted by Crippen LogP contribution is 2.28. The van der Waals surface area contributed by atoms with E-state index in [4.69, 9.17) is 0 Å². The minimum absolute atomic E-state index is 0.243. The van der Waals surface area contributed by atoms with Crippen LogP contribution in [0.2, 0.25) is 0 Å². The summed E-state index contributed by atoms with van der Waals surface area (Å²) in [5.41, 5.74) is 0. The lowest BCUT2D eigenvalue weighted by Gasteiger charge is -2.32. The molecule has 2 unspecified atom stereocenters. The van der Waals surface area contributed by atoms with Crippen molar-refractivity contribution < 1.29 is 4.79 Å². The Morgan fingerprint density at radius 1 is 1.19 bits per heavy atom. The lowest BCUT2D eigenvalue weighted by Crippen LogP contribution is -2.39. The summed E-state index contributed by atoms with van der Waals surface area (Å²) >= 11 is 3.38. The molecule has 0 saturated heterocycles. The Hall–Kier alpha value is -0.0500. The fourth-order valence-corrected chi connectivity index (χ4v) is 3.14. The summed E-state index contributed by atoms with van der Waals surface area (Å²) in [4.78, 5) is 11.7. The number of hydrogen-bond donors (Lipinski definition) is 1. The molecule has 0 aliphatic heterocycles. The zero-order chi connectivity index (χ0) is 12.0. The number of amides is 1. The molecule has 1 aliphatic rings. The minimum Gasteiger partial charge on any atom is -0.353 e. The van der Waals surface area contributed by atoms with Gasteiger partial charge in [-0.25, -0.2) is 0 Å². The van der Waals surface area contributed by atoms with E-state index in [0.717, 1.165) is 42.8 Å². The van der Waals surface area contributed by atoms with Gasteiger partial charge in [0.2, 0.25) is 5.91 Å². The lowest BCUT2D eigenvalue weighted by atomic mass is 9.80. The second-order valence-electron chi connectivity index (χ2n) is 5.33. The topological polar surface area (TPSA) is 29.1 Å². The van der Waals surface area contributed by atoms with Gasteiger partial charge in [-0.3, -0.25) is 4.79 Å². The van der Waals surface area contributed by atoms with Crippen LogP contribution in [0.3, 0.4) is 0 Å². The third-order valence-electron chi connectivity index (χ3n) is 3.33. The van der Waals surface area contributed by atoms with E-state index in [1.165, 1.54) is 6.42 Å². The second kappa shape index (κ2) is 7.31. The molecule has 1 saturated carbocycles. The number of hydrogen-bond acceptors (Lipinski definition) is 1. The smallest absolute Gasteiger partial charge is 0.220 e. The van der Waals surface area contributed by atoms with Crippen LogP contribution in [0.4, 0.5) is 0 Å². The van der Waals surface area contributed by atoms with Gasteiger partial charge in [-0.15, -0.1) is 0 Å². The van der Waals surface area contributed by atoms with E-state index in [-0.39, 0.29) is 5.91 Å². The van der Waals surface area contributed by atoms with Gasteiger partial charge in [0.25, 0.3) is 0 Å². The third kappa shape index (κ3) is 5.33. The van der Waals surface area contributed by atoms with Crippen molar-refractivity contribution in [2.75, 3.05) is 5.33 Å². The summed E-state index contributed by atoms with van der Waals surface area (Å²) in [6, 6.07) is 0.426. The molecule has 0 radical (unpaired) electrons. The first-order chi connectivity index (χ1) is 7.61. The van der Waals surface area contributed by atoms with Crippen molar-refractivity contribution >= 4 is 21.8 Å². The molecule has 2 atom stereocenters. The molecular formula is C13H24BrNO. The Morgan fingerprint density at radius 3 is 2.38 bits per heavy atom. The first-order valence-corrected chi connectivity index (χ1v) is 7.59. The largest absolute Gasteiger partial charge is 0.353 e. The zero-order valence-corrected chi connectivity index (χ0v) is 12.1. The summed E-state index contributed by atoms with van der Waals surface area (Å²) in [5.74, 6) is 1.76. The number of rotatable bonds is 5. The van der Waals surface area contributed by atoms with E-state index < -0.39 is 0 Å². The molecule has 1 amide bonds. The van der Waals surface area contributed by atoms with Gasteiger partial charge in [0.05, 0.1) is 0 Å². The third-order valence-corrected chi connectivity index (χ3v) is 3.89. The monoisotopic (exact) mass is 289 g/mol. The lowest BCUT2D eigenvalue weighted by molar-refractivity contribution is -0.122. The van der Waals surface area contributed by atoms with Gasteiger partial charge < -0.3 is 5.32 Å². The SMILES string of the molecule is CC1CC(C)CC(NC(=O)CCCCBr)C1. The van der Waals surface area contributed by atoms with Crippen LogP contribution < -0.4 is 5.32 Å². The highest BCUT2D eigenvalue weighted by atomic mass is 79.9. The van der Waals surface area contributed by atoms with Gasteiger partial charge >= 0.3 is 0 Å². The molecule has 0 bridgehead atoms. The molecule has 1 N–H and O–H groups in total. The van der Waals surface area contributed by atoms with Crippen LogP contribution in [0, 0.1) is 11.8 Å².